The summed E-state index contributed by atoms with van der Waals surface area (Å²) in [5.74, 6) is -0.585. The summed E-state index contributed by atoms with van der Waals surface area (Å²) in [7, 11) is 0. The number of hydrogen-bond donors (Lipinski definition) is 1. The normalized spacial score (nSPS) is 11.1. The summed E-state index contributed by atoms with van der Waals surface area (Å²) in [6.07, 6.45) is 0. The number of aromatic carboxylic acids is 1. The number of rotatable bonds is 5. The Morgan fingerprint density at radius 1 is 1.48 bits per heavy atom. The van der Waals surface area contributed by atoms with Crippen molar-refractivity contribution < 1.29 is 14.3 Å². The predicted octanol–water partition coefficient (Wildman–Crippen LogP) is 4.88. The minimum atomic E-state index is -1.01. The first-order valence-corrected chi connectivity index (χ1v) is 8.41. The molecule has 1 aromatic heterocycles. The molecule has 1 N–H and O–H groups in total. The average Bonchev–Trinajstić information content (AvgIpc) is 2.84. The maximum Gasteiger partial charge on any atom is 0.347 e. The number of carbonyl (C=O) groups is 1. The van der Waals surface area contributed by atoms with Crippen LogP contribution in [0.15, 0.2) is 23.1 Å². The molecule has 0 fully saturated rings. The van der Waals surface area contributed by atoms with Crippen molar-refractivity contribution in [2.24, 2.45) is 0 Å². The van der Waals surface area contributed by atoms with Gasteiger partial charge in [0.05, 0.1) is 11.3 Å². The highest BCUT2D eigenvalue weighted by Gasteiger charge is 2.23. The molecule has 0 aliphatic carbocycles. The maximum atomic E-state index is 14.2. The minimum Gasteiger partial charge on any atom is -0.477 e. The highest BCUT2D eigenvalue weighted by atomic mass is 32.2. The fraction of sp³-hybridized carbons (Fsp3) is 0.333. The fourth-order valence-electron chi connectivity index (χ4n) is 1.97. The van der Waals surface area contributed by atoms with Crippen molar-refractivity contribution in [3.8, 4) is 10.6 Å². The van der Waals surface area contributed by atoms with Gasteiger partial charge in [0.2, 0.25) is 0 Å². The zero-order valence-corrected chi connectivity index (χ0v) is 13.6. The first-order valence-electron chi connectivity index (χ1n) is 6.61. The number of aromatic nitrogens is 1. The van der Waals surface area contributed by atoms with E-state index in [9.17, 15) is 14.3 Å². The highest BCUT2D eigenvalue weighted by Crippen LogP contribution is 2.38. The number of hydrogen-bond acceptors (Lipinski definition) is 4. The monoisotopic (exact) mass is 325 g/mol. The third-order valence-electron chi connectivity index (χ3n) is 2.88. The zero-order chi connectivity index (χ0) is 15.6. The van der Waals surface area contributed by atoms with Gasteiger partial charge in [0.25, 0.3) is 0 Å². The van der Waals surface area contributed by atoms with Crippen molar-refractivity contribution in [3.05, 3.63) is 34.6 Å². The first kappa shape index (κ1) is 16.0. The summed E-state index contributed by atoms with van der Waals surface area (Å²) in [4.78, 5) is 16.7. The molecular formula is C15H16FNO2S2. The van der Waals surface area contributed by atoms with Crippen LogP contribution in [-0.2, 0) is 0 Å². The Balaban J connectivity index is 2.62. The highest BCUT2D eigenvalue weighted by molar-refractivity contribution is 7.99. The Morgan fingerprint density at radius 3 is 2.71 bits per heavy atom. The summed E-state index contributed by atoms with van der Waals surface area (Å²) in [5.41, 5.74) is 0.918. The molecule has 0 spiro atoms. The SMILES string of the molecule is CCSc1cccc(F)c1-c1nc(C(C)C)c(C(=O)O)s1. The summed E-state index contributed by atoms with van der Waals surface area (Å²) >= 11 is 2.56. The van der Waals surface area contributed by atoms with E-state index in [0.29, 0.717) is 16.3 Å². The summed E-state index contributed by atoms with van der Waals surface area (Å²) < 4.78 is 14.2. The summed E-state index contributed by atoms with van der Waals surface area (Å²) in [6, 6.07) is 4.88. The van der Waals surface area contributed by atoms with Crippen LogP contribution < -0.4 is 0 Å². The topological polar surface area (TPSA) is 50.2 Å². The Labute approximate surface area is 131 Å². The molecule has 0 saturated carbocycles. The molecule has 1 heterocycles. The van der Waals surface area contributed by atoms with Crippen LogP contribution in [0.2, 0.25) is 0 Å². The molecule has 0 aliphatic heterocycles. The lowest BCUT2D eigenvalue weighted by atomic mass is 10.1. The molecule has 112 valence electrons. The standard InChI is InChI=1S/C15H16FNO2S2/c1-4-20-10-7-5-6-9(16)11(10)14-17-12(8(2)3)13(21-14)15(18)19/h5-8H,4H2,1-3H3,(H,18,19). The predicted molar refractivity (Wildman–Crippen MR) is 85.0 cm³/mol. The fourth-order valence-corrected chi connectivity index (χ4v) is 3.98. The molecule has 1 aromatic carbocycles. The molecular weight excluding hydrogens is 309 g/mol. The lowest BCUT2D eigenvalue weighted by molar-refractivity contribution is 0.0700. The second-order valence-electron chi connectivity index (χ2n) is 4.74. The van der Waals surface area contributed by atoms with Gasteiger partial charge in [0.1, 0.15) is 15.7 Å². The Morgan fingerprint density at radius 2 is 2.19 bits per heavy atom. The second kappa shape index (κ2) is 6.58. The van der Waals surface area contributed by atoms with E-state index in [4.69, 9.17) is 0 Å². The molecule has 0 aliphatic rings. The molecule has 0 atom stereocenters. The number of halogens is 1. The van der Waals surface area contributed by atoms with Crippen molar-refractivity contribution in [3.63, 3.8) is 0 Å². The van der Waals surface area contributed by atoms with Gasteiger partial charge >= 0.3 is 5.97 Å². The summed E-state index contributed by atoms with van der Waals surface area (Å²) in [5, 5.41) is 9.72. The van der Waals surface area contributed by atoms with Crippen molar-refractivity contribution in [1.82, 2.24) is 4.98 Å². The molecule has 2 rings (SSSR count). The average molecular weight is 325 g/mol. The van der Waals surface area contributed by atoms with Crippen molar-refractivity contribution in [2.45, 2.75) is 31.6 Å². The van der Waals surface area contributed by atoms with Gasteiger partial charge in [-0.2, -0.15) is 0 Å². The number of thiazole rings is 1. The third kappa shape index (κ3) is 3.27. The number of carboxylic acids is 1. The Hall–Kier alpha value is -1.40. The van der Waals surface area contributed by atoms with Gasteiger partial charge < -0.3 is 5.11 Å². The lowest BCUT2D eigenvalue weighted by Crippen LogP contribution is -2.00. The Kier molecular flexibility index (Phi) is 5.00. The van der Waals surface area contributed by atoms with E-state index >= 15 is 0 Å². The van der Waals surface area contributed by atoms with Crippen LogP contribution in [0.1, 0.15) is 42.1 Å². The second-order valence-corrected chi connectivity index (χ2v) is 7.04. The molecule has 2 aromatic rings. The largest absolute Gasteiger partial charge is 0.477 e. The van der Waals surface area contributed by atoms with E-state index in [-0.39, 0.29) is 16.6 Å². The molecule has 0 unspecified atom stereocenters. The number of nitrogens with zero attached hydrogens (tertiary/aromatic N) is 1. The van der Waals surface area contributed by atoms with E-state index in [1.54, 1.807) is 6.07 Å². The van der Waals surface area contributed by atoms with Gasteiger partial charge in [-0.15, -0.1) is 23.1 Å². The zero-order valence-electron chi connectivity index (χ0n) is 12.0. The number of carboxylic acid groups (broad SMARTS) is 1. The van der Waals surface area contributed by atoms with Crippen LogP contribution in [0.4, 0.5) is 4.39 Å². The lowest BCUT2D eigenvalue weighted by Gasteiger charge is -2.06. The van der Waals surface area contributed by atoms with E-state index < -0.39 is 5.97 Å². The third-order valence-corrected chi connectivity index (χ3v) is 4.90. The van der Waals surface area contributed by atoms with Gasteiger partial charge in [-0.3, -0.25) is 0 Å². The molecule has 0 bridgehead atoms. The van der Waals surface area contributed by atoms with Crippen molar-refractivity contribution in [1.29, 1.82) is 0 Å². The van der Waals surface area contributed by atoms with Crippen LogP contribution in [0.25, 0.3) is 10.6 Å². The van der Waals surface area contributed by atoms with Gasteiger partial charge in [0.15, 0.2) is 0 Å². The van der Waals surface area contributed by atoms with Gasteiger partial charge in [0, 0.05) is 4.90 Å². The van der Waals surface area contributed by atoms with Crippen LogP contribution in [0, 0.1) is 5.82 Å². The van der Waals surface area contributed by atoms with Crippen LogP contribution >= 0.6 is 23.1 Å². The van der Waals surface area contributed by atoms with Crippen LogP contribution in [-0.4, -0.2) is 21.8 Å². The first-order chi connectivity index (χ1) is 9.95. The van der Waals surface area contributed by atoms with Crippen molar-refractivity contribution >= 4 is 29.1 Å². The van der Waals surface area contributed by atoms with Crippen LogP contribution in [0.5, 0.6) is 0 Å². The van der Waals surface area contributed by atoms with E-state index in [1.807, 2.05) is 26.8 Å². The van der Waals surface area contributed by atoms with Gasteiger partial charge in [-0.1, -0.05) is 26.8 Å². The number of thioether (sulfide) groups is 1. The summed E-state index contributed by atoms with van der Waals surface area (Å²) in [6.45, 7) is 5.76. The molecule has 0 amide bonds. The molecule has 3 nitrogen and oxygen atoms in total. The van der Waals surface area contributed by atoms with E-state index in [2.05, 4.69) is 4.98 Å². The molecule has 21 heavy (non-hydrogen) atoms. The smallest absolute Gasteiger partial charge is 0.347 e. The van der Waals surface area contributed by atoms with E-state index in [1.165, 1.54) is 17.8 Å². The molecule has 0 radical (unpaired) electrons. The maximum absolute atomic E-state index is 14.2. The number of benzene rings is 1. The quantitative estimate of drug-likeness (QED) is 0.796. The minimum absolute atomic E-state index is 0.0184. The molecule has 0 saturated heterocycles. The van der Waals surface area contributed by atoms with E-state index in [0.717, 1.165) is 22.0 Å². The Bertz CT molecular complexity index is 668. The van der Waals surface area contributed by atoms with Gasteiger partial charge in [-0.25, -0.2) is 14.2 Å². The van der Waals surface area contributed by atoms with Crippen molar-refractivity contribution in [2.75, 3.05) is 5.75 Å². The molecule has 6 heteroatoms. The van der Waals surface area contributed by atoms with Crippen LogP contribution in [0.3, 0.4) is 0 Å². The van der Waals surface area contributed by atoms with Gasteiger partial charge in [-0.05, 0) is 23.8 Å².